The van der Waals surface area contributed by atoms with E-state index in [1.807, 2.05) is 47.9 Å². The molecule has 1 N–H and O–H groups in total. The molecule has 2 heterocycles. The molecule has 3 aromatic rings. The number of carbonyl (C=O) groups is 1. The molecule has 0 saturated carbocycles. The van der Waals surface area contributed by atoms with E-state index in [1.54, 1.807) is 19.5 Å². The third-order valence-corrected chi connectivity index (χ3v) is 4.85. The highest BCUT2D eigenvalue weighted by atomic mass is 32.2. The Kier molecular flexibility index (Phi) is 6.43. The van der Waals surface area contributed by atoms with E-state index in [0.29, 0.717) is 11.7 Å². The topological polar surface area (TPSA) is 81.9 Å². The quantitative estimate of drug-likeness (QED) is 0.602. The van der Waals surface area contributed by atoms with Gasteiger partial charge in [0.05, 0.1) is 12.9 Å². The van der Waals surface area contributed by atoms with Crippen LogP contribution in [0, 0.1) is 6.92 Å². The average molecular weight is 383 g/mol. The van der Waals surface area contributed by atoms with Crippen LogP contribution in [0.2, 0.25) is 0 Å². The maximum Gasteiger partial charge on any atom is 0.230 e. The zero-order chi connectivity index (χ0) is 19.1. The van der Waals surface area contributed by atoms with Gasteiger partial charge in [-0.3, -0.25) is 14.3 Å². The highest BCUT2D eigenvalue weighted by molar-refractivity contribution is 7.99. The van der Waals surface area contributed by atoms with Crippen LogP contribution in [-0.2, 0) is 11.2 Å². The number of amides is 1. The van der Waals surface area contributed by atoms with E-state index in [2.05, 4.69) is 20.5 Å². The number of rotatable bonds is 8. The van der Waals surface area contributed by atoms with E-state index in [-0.39, 0.29) is 11.7 Å². The Labute approximate surface area is 162 Å². The summed E-state index contributed by atoms with van der Waals surface area (Å²) in [6.07, 6.45) is 4.30. The van der Waals surface area contributed by atoms with Crippen molar-refractivity contribution in [3.05, 3.63) is 60.2 Å². The van der Waals surface area contributed by atoms with Gasteiger partial charge in [-0.25, -0.2) is 0 Å². The van der Waals surface area contributed by atoms with Crippen LogP contribution in [0.1, 0.15) is 11.4 Å². The number of ether oxygens (including phenoxy) is 1. The highest BCUT2D eigenvalue weighted by Crippen LogP contribution is 2.23. The van der Waals surface area contributed by atoms with Crippen LogP contribution in [-0.4, -0.2) is 45.1 Å². The Morgan fingerprint density at radius 3 is 2.74 bits per heavy atom. The maximum atomic E-state index is 12.1. The summed E-state index contributed by atoms with van der Waals surface area (Å²) < 4.78 is 7.12. The van der Waals surface area contributed by atoms with Crippen molar-refractivity contribution in [3.8, 4) is 11.4 Å². The predicted octanol–water partition coefficient (Wildman–Crippen LogP) is 2.43. The molecule has 0 spiro atoms. The molecule has 1 amide bonds. The van der Waals surface area contributed by atoms with Gasteiger partial charge in [0.15, 0.2) is 5.16 Å². The summed E-state index contributed by atoms with van der Waals surface area (Å²) in [6, 6.07) is 11.5. The lowest BCUT2D eigenvalue weighted by atomic mass is 10.2. The van der Waals surface area contributed by atoms with Gasteiger partial charge in [0, 0.05) is 24.6 Å². The van der Waals surface area contributed by atoms with Crippen molar-refractivity contribution in [2.24, 2.45) is 0 Å². The summed E-state index contributed by atoms with van der Waals surface area (Å²) in [5.41, 5.74) is 2.03. The number of aryl methyl sites for hydroxylation is 1. The van der Waals surface area contributed by atoms with Crippen LogP contribution in [0.25, 0.3) is 5.69 Å². The lowest BCUT2D eigenvalue weighted by Gasteiger charge is -2.09. The molecule has 3 rings (SSSR count). The monoisotopic (exact) mass is 383 g/mol. The van der Waals surface area contributed by atoms with Crippen molar-refractivity contribution in [2.45, 2.75) is 18.5 Å². The molecule has 0 saturated heterocycles. The first kappa shape index (κ1) is 18.9. The molecule has 0 unspecified atom stereocenters. The summed E-state index contributed by atoms with van der Waals surface area (Å²) in [6.45, 7) is 2.46. The molecule has 140 valence electrons. The Morgan fingerprint density at radius 1 is 1.22 bits per heavy atom. The second-order valence-corrected chi connectivity index (χ2v) is 6.76. The summed E-state index contributed by atoms with van der Waals surface area (Å²) in [5.74, 6) is 1.79. The molecular formula is C19H21N5O2S. The van der Waals surface area contributed by atoms with Gasteiger partial charge in [-0.15, -0.1) is 10.2 Å². The minimum atomic E-state index is -0.0363. The largest absolute Gasteiger partial charge is 0.497 e. The Bertz CT molecular complexity index is 881. The first-order valence-corrected chi connectivity index (χ1v) is 9.51. The van der Waals surface area contributed by atoms with Crippen molar-refractivity contribution < 1.29 is 9.53 Å². The fraction of sp³-hybridized carbons (Fsp3) is 0.263. The standard InChI is InChI=1S/C19H21N5O2S/c1-14-22-23-19(24(14)16-5-7-17(26-2)8-6-16)27-13-18(25)21-11-9-15-4-3-10-20-12-15/h3-8,10,12H,9,11,13H2,1-2H3,(H,21,25). The van der Waals surface area contributed by atoms with Gasteiger partial charge < -0.3 is 10.1 Å². The molecule has 0 aliphatic heterocycles. The first-order chi connectivity index (χ1) is 13.2. The van der Waals surface area contributed by atoms with E-state index in [9.17, 15) is 4.79 Å². The minimum Gasteiger partial charge on any atom is -0.497 e. The van der Waals surface area contributed by atoms with Gasteiger partial charge in [0.1, 0.15) is 11.6 Å². The Hall–Kier alpha value is -2.87. The molecule has 0 aliphatic rings. The van der Waals surface area contributed by atoms with E-state index < -0.39 is 0 Å². The van der Waals surface area contributed by atoms with Crippen molar-refractivity contribution in [1.82, 2.24) is 25.1 Å². The molecule has 0 radical (unpaired) electrons. The van der Waals surface area contributed by atoms with Gasteiger partial charge in [0.25, 0.3) is 0 Å². The van der Waals surface area contributed by atoms with Gasteiger partial charge in [-0.1, -0.05) is 17.8 Å². The summed E-state index contributed by atoms with van der Waals surface area (Å²) in [4.78, 5) is 16.2. The highest BCUT2D eigenvalue weighted by Gasteiger charge is 2.13. The van der Waals surface area contributed by atoms with Gasteiger partial charge in [-0.2, -0.15) is 0 Å². The number of thioether (sulfide) groups is 1. The van der Waals surface area contributed by atoms with E-state index in [4.69, 9.17) is 4.74 Å². The van der Waals surface area contributed by atoms with Crippen LogP contribution in [0.4, 0.5) is 0 Å². The van der Waals surface area contributed by atoms with E-state index >= 15 is 0 Å². The van der Waals surface area contributed by atoms with Crippen LogP contribution >= 0.6 is 11.8 Å². The van der Waals surface area contributed by atoms with E-state index in [1.165, 1.54) is 11.8 Å². The van der Waals surface area contributed by atoms with Crippen molar-refractivity contribution >= 4 is 17.7 Å². The van der Waals surface area contributed by atoms with E-state index in [0.717, 1.165) is 29.2 Å². The molecule has 0 aliphatic carbocycles. The summed E-state index contributed by atoms with van der Waals surface area (Å²) in [7, 11) is 1.63. The molecule has 0 fully saturated rings. The average Bonchev–Trinajstić information content (AvgIpc) is 3.08. The van der Waals surface area contributed by atoms with Gasteiger partial charge >= 0.3 is 0 Å². The third kappa shape index (κ3) is 5.07. The van der Waals surface area contributed by atoms with Crippen LogP contribution in [0.5, 0.6) is 5.75 Å². The number of aromatic nitrogens is 4. The fourth-order valence-corrected chi connectivity index (χ4v) is 3.37. The van der Waals surface area contributed by atoms with Crippen LogP contribution < -0.4 is 10.1 Å². The smallest absolute Gasteiger partial charge is 0.230 e. The number of hydrogen-bond acceptors (Lipinski definition) is 6. The zero-order valence-electron chi connectivity index (χ0n) is 15.3. The normalized spacial score (nSPS) is 10.6. The zero-order valence-corrected chi connectivity index (χ0v) is 16.1. The lowest BCUT2D eigenvalue weighted by Crippen LogP contribution is -2.27. The van der Waals surface area contributed by atoms with Crippen molar-refractivity contribution in [1.29, 1.82) is 0 Å². The molecule has 2 aromatic heterocycles. The molecule has 7 nitrogen and oxygen atoms in total. The third-order valence-electron chi connectivity index (χ3n) is 3.92. The number of benzene rings is 1. The second-order valence-electron chi connectivity index (χ2n) is 5.81. The second kappa shape index (κ2) is 9.18. The lowest BCUT2D eigenvalue weighted by molar-refractivity contribution is -0.118. The van der Waals surface area contributed by atoms with Crippen LogP contribution in [0.15, 0.2) is 53.9 Å². The molecular weight excluding hydrogens is 362 g/mol. The minimum absolute atomic E-state index is 0.0363. The number of carbonyl (C=O) groups excluding carboxylic acids is 1. The number of nitrogens with one attached hydrogen (secondary N) is 1. The van der Waals surface area contributed by atoms with Crippen LogP contribution in [0.3, 0.4) is 0 Å². The predicted molar refractivity (Wildman–Crippen MR) is 104 cm³/mol. The van der Waals surface area contributed by atoms with Gasteiger partial charge in [-0.05, 0) is 49.2 Å². The Balaban J connectivity index is 1.55. The fourth-order valence-electron chi connectivity index (χ4n) is 2.54. The molecule has 8 heteroatoms. The number of pyridine rings is 1. The van der Waals surface area contributed by atoms with Crippen molar-refractivity contribution in [2.75, 3.05) is 19.4 Å². The maximum absolute atomic E-state index is 12.1. The number of hydrogen-bond donors (Lipinski definition) is 1. The molecule has 27 heavy (non-hydrogen) atoms. The Morgan fingerprint density at radius 2 is 2.04 bits per heavy atom. The molecule has 0 bridgehead atoms. The number of methoxy groups -OCH3 is 1. The van der Waals surface area contributed by atoms with Crippen molar-refractivity contribution in [3.63, 3.8) is 0 Å². The molecule has 0 atom stereocenters. The summed E-state index contributed by atoms with van der Waals surface area (Å²) >= 11 is 1.36. The molecule has 1 aromatic carbocycles. The number of nitrogens with zero attached hydrogens (tertiary/aromatic N) is 4. The van der Waals surface area contributed by atoms with Gasteiger partial charge in [0.2, 0.25) is 5.91 Å². The SMILES string of the molecule is COc1ccc(-n2c(C)nnc2SCC(=O)NCCc2cccnc2)cc1. The first-order valence-electron chi connectivity index (χ1n) is 8.52. The summed E-state index contributed by atoms with van der Waals surface area (Å²) in [5, 5.41) is 11.9.